The van der Waals surface area contributed by atoms with Crippen LogP contribution in [0.3, 0.4) is 0 Å². The number of aromatic nitrogens is 2. The van der Waals surface area contributed by atoms with E-state index in [0.29, 0.717) is 26.3 Å². The third-order valence-electron chi connectivity index (χ3n) is 3.99. The Hall–Kier alpha value is -2.03. The van der Waals surface area contributed by atoms with Gasteiger partial charge < -0.3 is 39.7 Å². The van der Waals surface area contributed by atoms with E-state index in [1.165, 1.54) is 11.0 Å². The van der Waals surface area contributed by atoms with Crippen LogP contribution in [0.4, 0.5) is 5.88 Å². The van der Waals surface area contributed by atoms with Gasteiger partial charge in [0.2, 0.25) is 5.27 Å². The summed E-state index contributed by atoms with van der Waals surface area (Å²) in [5, 5.41) is 55.7. The van der Waals surface area contributed by atoms with E-state index in [-0.39, 0.29) is 5.88 Å². The van der Waals surface area contributed by atoms with Gasteiger partial charge in [-0.3, -0.25) is 4.52 Å². The maximum Gasteiger partial charge on any atom is 0.326 e. The minimum absolute atomic E-state index is 0.147. The molecule has 2 unspecified atom stereocenters. The van der Waals surface area contributed by atoms with Gasteiger partial charge in [0, 0.05) is 0 Å². The lowest BCUT2D eigenvalue weighted by Crippen LogP contribution is -2.62. The lowest BCUT2D eigenvalue weighted by Gasteiger charge is -2.42. The Kier molecular flexibility index (Phi) is 5.85. The molecule has 5 atom stereocenters. The monoisotopic (exact) mass is 376 g/mol. The van der Waals surface area contributed by atoms with Crippen molar-refractivity contribution < 1.29 is 49.1 Å². The normalized spacial score (nSPS) is 33.3. The van der Waals surface area contributed by atoms with Crippen molar-refractivity contribution in [1.29, 1.82) is 0 Å². The minimum Gasteiger partial charge on any atom is -0.570 e. The second-order valence-corrected chi connectivity index (χ2v) is 5.72. The molecule has 0 amide bonds. The molecule has 2 saturated heterocycles. The van der Waals surface area contributed by atoms with Gasteiger partial charge in [-0.15, -0.1) is 5.01 Å². The fourth-order valence-corrected chi connectivity index (χ4v) is 2.55. The Bertz CT molecular complexity index is 619. The van der Waals surface area contributed by atoms with Crippen molar-refractivity contribution in [2.45, 2.75) is 30.7 Å². The van der Waals surface area contributed by atoms with Crippen LogP contribution in [-0.2, 0) is 14.2 Å². The number of hydrogen-bond acceptors (Lipinski definition) is 12. The van der Waals surface area contributed by atoms with E-state index in [0.717, 1.165) is 0 Å². The van der Waals surface area contributed by atoms with Crippen molar-refractivity contribution in [3.8, 4) is 0 Å². The first-order valence-corrected chi connectivity index (χ1v) is 7.94. The van der Waals surface area contributed by atoms with E-state index in [1.54, 1.807) is 0 Å². The van der Waals surface area contributed by atoms with Crippen LogP contribution in [0.5, 0.6) is 0 Å². The highest BCUT2D eigenvalue weighted by Crippen LogP contribution is 2.22. The van der Waals surface area contributed by atoms with Crippen LogP contribution in [0.25, 0.3) is 0 Å². The summed E-state index contributed by atoms with van der Waals surface area (Å²) < 4.78 is 20.0. The zero-order valence-corrected chi connectivity index (χ0v) is 13.6. The zero-order valence-electron chi connectivity index (χ0n) is 13.6. The van der Waals surface area contributed by atoms with E-state index in [9.17, 15) is 20.4 Å². The molecule has 0 aromatic carbocycles. The predicted octanol–water partition coefficient (Wildman–Crippen LogP) is -4.91. The summed E-state index contributed by atoms with van der Waals surface area (Å²) >= 11 is 0. The second-order valence-electron chi connectivity index (χ2n) is 5.72. The largest absolute Gasteiger partial charge is 0.570 e. The third-order valence-corrected chi connectivity index (χ3v) is 3.99. The van der Waals surface area contributed by atoms with Gasteiger partial charge in [-0.1, -0.05) is 0 Å². The van der Waals surface area contributed by atoms with Gasteiger partial charge in [-0.05, 0) is 0 Å². The van der Waals surface area contributed by atoms with Crippen LogP contribution < -0.4 is 14.9 Å². The standard InChI is InChI=1S/C13H20N4O9/c18-6-7-9(19)10(20)11(21)12(24-7)25-13(22)14-8-5-17(15-26-8)16-1-3-23-4-2-16/h5,7,9-12,18-21H,1-4,6H2/t7?,9-,10+,11?,12-/m1/s1. The maximum absolute atomic E-state index is 11.9. The van der Waals surface area contributed by atoms with Crippen LogP contribution in [0.2, 0.25) is 0 Å². The summed E-state index contributed by atoms with van der Waals surface area (Å²) in [5.74, 6) is -0.147. The predicted molar refractivity (Wildman–Crippen MR) is 77.4 cm³/mol. The van der Waals surface area contributed by atoms with E-state index >= 15 is 0 Å². The van der Waals surface area contributed by atoms with Crippen molar-refractivity contribution in [1.82, 2.24) is 5.27 Å². The Labute approximate surface area is 147 Å². The van der Waals surface area contributed by atoms with Gasteiger partial charge in [-0.2, -0.15) is 4.99 Å². The van der Waals surface area contributed by atoms with Crippen molar-refractivity contribution in [3.05, 3.63) is 6.20 Å². The molecule has 146 valence electrons. The number of hydrogen-bond donors (Lipinski definition) is 4. The lowest BCUT2D eigenvalue weighted by atomic mass is 9.99. The van der Waals surface area contributed by atoms with Gasteiger partial charge in [0.05, 0.1) is 37.7 Å². The van der Waals surface area contributed by atoms with E-state index in [4.69, 9.17) is 23.8 Å². The molecule has 0 spiro atoms. The van der Waals surface area contributed by atoms with Crippen molar-refractivity contribution in [2.24, 2.45) is 4.99 Å². The van der Waals surface area contributed by atoms with Crippen molar-refractivity contribution in [2.75, 3.05) is 37.9 Å². The summed E-state index contributed by atoms with van der Waals surface area (Å²) in [6, 6.07) is 0. The molecule has 13 heteroatoms. The van der Waals surface area contributed by atoms with Crippen LogP contribution >= 0.6 is 0 Å². The Morgan fingerprint density at radius 1 is 1.31 bits per heavy atom. The Morgan fingerprint density at radius 3 is 2.73 bits per heavy atom. The molecule has 2 aliphatic heterocycles. The summed E-state index contributed by atoms with van der Waals surface area (Å²) in [4.78, 5) is 4.91. The van der Waals surface area contributed by atoms with E-state index in [2.05, 4.69) is 10.3 Å². The van der Waals surface area contributed by atoms with Gasteiger partial charge in [0.1, 0.15) is 30.7 Å². The fourth-order valence-electron chi connectivity index (χ4n) is 2.55. The number of morpholine rings is 1. The third kappa shape index (κ3) is 4.03. The molecule has 3 rings (SSSR count). The van der Waals surface area contributed by atoms with Crippen LogP contribution in [-0.4, -0.2) is 95.4 Å². The Morgan fingerprint density at radius 2 is 2.04 bits per heavy atom. The van der Waals surface area contributed by atoms with Crippen LogP contribution in [0.15, 0.2) is 15.7 Å². The molecule has 2 aliphatic rings. The van der Waals surface area contributed by atoms with E-state index < -0.39 is 43.4 Å². The van der Waals surface area contributed by atoms with Crippen molar-refractivity contribution in [3.63, 3.8) is 0 Å². The molecular weight excluding hydrogens is 356 g/mol. The quantitative estimate of drug-likeness (QED) is 0.225. The maximum atomic E-state index is 11.9. The summed E-state index contributed by atoms with van der Waals surface area (Å²) in [5.41, 5.74) is 0. The number of nitrogens with zero attached hydrogens (tertiary/aromatic N) is 4. The number of rotatable bonds is 4. The molecular formula is C13H20N4O9. The van der Waals surface area contributed by atoms with Gasteiger partial charge >= 0.3 is 5.88 Å². The number of aliphatic imine (C=N–C) groups is 1. The fraction of sp³-hybridized carbons (Fsp3) is 0.769. The SMILES string of the molecule is [O-]C(=Nc1c[n+](N2CCOCC2)no1)O[C@H]1OC(CO)[C@@H](O)[C@H](O)C1O. The summed E-state index contributed by atoms with van der Waals surface area (Å²) in [6.45, 7) is 1.60. The number of ether oxygens (including phenoxy) is 3. The average molecular weight is 376 g/mol. The van der Waals surface area contributed by atoms with Crippen LogP contribution in [0.1, 0.15) is 0 Å². The van der Waals surface area contributed by atoms with Gasteiger partial charge in [0.15, 0.2) is 6.08 Å². The molecule has 3 heterocycles. The van der Waals surface area contributed by atoms with Crippen molar-refractivity contribution >= 4 is 12.0 Å². The number of aliphatic hydroxyl groups excluding tert-OH is 4. The first kappa shape index (κ1) is 18.8. The first-order valence-electron chi connectivity index (χ1n) is 7.94. The highest BCUT2D eigenvalue weighted by molar-refractivity contribution is 5.65. The van der Waals surface area contributed by atoms with Gasteiger partial charge in [-0.25, -0.2) is 0 Å². The average Bonchev–Trinajstić information content (AvgIpc) is 3.11. The van der Waals surface area contributed by atoms with Gasteiger partial charge in [0.25, 0.3) is 6.20 Å². The van der Waals surface area contributed by atoms with E-state index in [1.807, 2.05) is 5.01 Å². The molecule has 13 nitrogen and oxygen atoms in total. The molecule has 0 radical (unpaired) electrons. The molecule has 0 saturated carbocycles. The lowest BCUT2D eigenvalue weighted by molar-refractivity contribution is -0.759. The minimum atomic E-state index is -1.71. The molecule has 0 bridgehead atoms. The first-order chi connectivity index (χ1) is 12.5. The highest BCUT2D eigenvalue weighted by Gasteiger charge is 2.42. The molecule has 2 fully saturated rings. The molecule has 1 aromatic heterocycles. The summed E-state index contributed by atoms with van der Waals surface area (Å²) in [7, 11) is 0. The highest BCUT2D eigenvalue weighted by atomic mass is 16.7. The molecule has 1 aromatic rings. The molecule has 26 heavy (non-hydrogen) atoms. The summed E-state index contributed by atoms with van der Waals surface area (Å²) in [6.07, 6.45) is -7.54. The number of aliphatic hydroxyl groups is 4. The van der Waals surface area contributed by atoms with Crippen LogP contribution in [0, 0.1) is 0 Å². The topological polar surface area (TPSA) is 177 Å². The smallest absolute Gasteiger partial charge is 0.326 e. The Balaban J connectivity index is 1.63. The molecule has 4 N–H and O–H groups in total. The second kappa shape index (κ2) is 8.11. The zero-order chi connectivity index (χ0) is 18.7. The molecule has 0 aliphatic carbocycles.